The molecule has 0 saturated heterocycles. The lowest BCUT2D eigenvalue weighted by molar-refractivity contribution is 0.132. The molecule has 4 heteroatoms. The molecule has 2 aromatic carbocycles. The van der Waals surface area contributed by atoms with Crippen molar-refractivity contribution in [3.63, 3.8) is 0 Å². The summed E-state index contributed by atoms with van der Waals surface area (Å²) in [5.74, 6) is -0.158. The zero-order chi connectivity index (χ0) is 21.3. The van der Waals surface area contributed by atoms with Crippen LogP contribution >= 0.6 is 0 Å². The molecule has 1 nitrogen and oxygen atoms in total. The van der Waals surface area contributed by atoms with E-state index in [2.05, 4.69) is 19.1 Å². The second-order valence-corrected chi connectivity index (χ2v) is 8.81. The van der Waals surface area contributed by atoms with E-state index in [4.69, 9.17) is 4.74 Å². The number of ether oxygens (including phenoxy) is 1. The lowest BCUT2D eigenvalue weighted by atomic mass is 9.64. The van der Waals surface area contributed by atoms with Crippen molar-refractivity contribution < 1.29 is 17.9 Å². The summed E-state index contributed by atoms with van der Waals surface area (Å²) in [6.07, 6.45) is 11.0. The molecule has 0 spiro atoms. The quantitative estimate of drug-likeness (QED) is 0.467. The van der Waals surface area contributed by atoms with Crippen molar-refractivity contribution in [1.82, 2.24) is 0 Å². The van der Waals surface area contributed by atoms with Crippen LogP contribution in [0, 0.1) is 35.2 Å². The van der Waals surface area contributed by atoms with E-state index in [0.717, 1.165) is 19.3 Å². The Hall–Kier alpha value is -2.23. The highest BCUT2D eigenvalue weighted by molar-refractivity contribution is 5.66. The molecule has 2 aliphatic rings. The van der Waals surface area contributed by atoms with E-state index in [9.17, 15) is 8.78 Å². The highest BCUT2D eigenvalue weighted by atomic mass is 19.2. The predicted octanol–water partition coefficient (Wildman–Crippen LogP) is 7.66. The Morgan fingerprint density at radius 2 is 1.67 bits per heavy atom. The van der Waals surface area contributed by atoms with Crippen molar-refractivity contribution in [2.75, 3.05) is 7.11 Å². The van der Waals surface area contributed by atoms with E-state index in [-0.39, 0.29) is 17.2 Å². The third kappa shape index (κ3) is 4.01. The van der Waals surface area contributed by atoms with Crippen LogP contribution in [0.3, 0.4) is 0 Å². The second-order valence-electron chi connectivity index (χ2n) is 8.81. The molecule has 0 amide bonds. The van der Waals surface area contributed by atoms with Gasteiger partial charge in [0.05, 0.1) is 7.11 Å². The van der Waals surface area contributed by atoms with Gasteiger partial charge in [0.2, 0.25) is 0 Å². The molecule has 2 fully saturated rings. The maximum Gasteiger partial charge on any atom is 0.166 e. The fourth-order valence-electron chi connectivity index (χ4n) is 5.59. The Bertz CT molecular complexity index is 936. The van der Waals surface area contributed by atoms with Crippen LogP contribution in [0.2, 0.25) is 0 Å². The summed E-state index contributed by atoms with van der Waals surface area (Å²) in [5, 5.41) is 0. The zero-order valence-electron chi connectivity index (χ0n) is 17.6. The minimum absolute atomic E-state index is 0.0562. The minimum Gasteiger partial charge on any atom is -0.494 e. The van der Waals surface area contributed by atoms with Crippen molar-refractivity contribution in [2.24, 2.45) is 17.8 Å². The van der Waals surface area contributed by atoms with Gasteiger partial charge in [-0.2, -0.15) is 0 Å². The topological polar surface area (TPSA) is 9.23 Å². The molecule has 2 saturated carbocycles. The van der Waals surface area contributed by atoms with Gasteiger partial charge in [-0.1, -0.05) is 30.4 Å². The maximum absolute atomic E-state index is 15.1. The lowest BCUT2D eigenvalue weighted by Gasteiger charge is -2.42. The molecule has 160 valence electrons. The van der Waals surface area contributed by atoms with Crippen LogP contribution in [-0.4, -0.2) is 7.11 Å². The van der Waals surface area contributed by atoms with Crippen LogP contribution in [0.4, 0.5) is 13.2 Å². The molecule has 2 aromatic rings. The fourth-order valence-corrected chi connectivity index (χ4v) is 5.59. The Morgan fingerprint density at radius 1 is 0.900 bits per heavy atom. The standard InChI is InChI=1S/C26H29F3O/c1-3-4-16-5-6-18-14-19(8-7-17(18)13-16)21-10-11-22(26(29)25(21)28)20-9-12-24(30-2)23(27)15-20/h3-4,9-12,15-19H,5-8,13-14H2,1-2H3/b4-3+. The van der Waals surface area contributed by atoms with Gasteiger partial charge >= 0.3 is 0 Å². The lowest BCUT2D eigenvalue weighted by Crippen LogP contribution is -2.30. The molecule has 2 aliphatic carbocycles. The summed E-state index contributed by atoms with van der Waals surface area (Å²) in [4.78, 5) is 0. The summed E-state index contributed by atoms with van der Waals surface area (Å²) in [6.45, 7) is 2.07. The average molecular weight is 415 g/mol. The summed E-state index contributed by atoms with van der Waals surface area (Å²) in [5.41, 5.74) is 0.861. The van der Waals surface area contributed by atoms with Crippen LogP contribution in [0.25, 0.3) is 11.1 Å². The molecule has 0 aliphatic heterocycles. The molecule has 0 radical (unpaired) electrons. The summed E-state index contributed by atoms with van der Waals surface area (Å²) in [7, 11) is 1.37. The second kappa shape index (κ2) is 8.87. The molecular formula is C26H29F3O. The normalized spacial score (nSPS) is 26.6. The van der Waals surface area contributed by atoms with Crippen molar-refractivity contribution in [1.29, 1.82) is 0 Å². The highest BCUT2D eigenvalue weighted by Crippen LogP contribution is 2.48. The van der Waals surface area contributed by atoms with Gasteiger partial charge in [0.25, 0.3) is 0 Å². The maximum atomic E-state index is 15.1. The van der Waals surface area contributed by atoms with E-state index >= 15 is 4.39 Å². The summed E-state index contributed by atoms with van der Waals surface area (Å²) in [6, 6.07) is 7.45. The molecule has 4 rings (SSSR count). The fraction of sp³-hybridized carbons (Fsp3) is 0.462. The third-order valence-electron chi connectivity index (χ3n) is 7.13. The summed E-state index contributed by atoms with van der Waals surface area (Å²) >= 11 is 0. The van der Waals surface area contributed by atoms with Gasteiger partial charge in [0, 0.05) is 5.56 Å². The Kier molecular flexibility index (Phi) is 6.21. The van der Waals surface area contributed by atoms with Crippen LogP contribution in [0.1, 0.15) is 56.9 Å². The molecule has 30 heavy (non-hydrogen) atoms. The van der Waals surface area contributed by atoms with Gasteiger partial charge in [-0.05, 0) is 92.4 Å². The highest BCUT2D eigenvalue weighted by Gasteiger charge is 2.36. The predicted molar refractivity (Wildman–Crippen MR) is 114 cm³/mol. The first kappa shape index (κ1) is 21.0. The first-order valence-corrected chi connectivity index (χ1v) is 11.0. The first-order valence-electron chi connectivity index (χ1n) is 11.0. The van der Waals surface area contributed by atoms with Crippen molar-refractivity contribution in [2.45, 2.75) is 51.4 Å². The number of methoxy groups -OCH3 is 1. The van der Waals surface area contributed by atoms with Gasteiger partial charge in [0.1, 0.15) is 0 Å². The van der Waals surface area contributed by atoms with Crippen molar-refractivity contribution >= 4 is 0 Å². The Labute approximate surface area is 177 Å². The molecule has 0 N–H and O–H groups in total. The van der Waals surface area contributed by atoms with Crippen LogP contribution in [0.5, 0.6) is 5.75 Å². The molecular weight excluding hydrogens is 385 g/mol. The first-order chi connectivity index (χ1) is 14.5. The smallest absolute Gasteiger partial charge is 0.166 e. The number of fused-ring (bicyclic) bond motifs is 1. The summed E-state index contributed by atoms with van der Waals surface area (Å²) < 4.78 is 48.9. The van der Waals surface area contributed by atoms with Gasteiger partial charge in [-0.25, -0.2) is 13.2 Å². The van der Waals surface area contributed by atoms with Crippen LogP contribution in [0.15, 0.2) is 42.5 Å². The molecule has 4 atom stereocenters. The van der Waals surface area contributed by atoms with Crippen LogP contribution in [-0.2, 0) is 0 Å². The Balaban J connectivity index is 1.54. The van der Waals surface area contributed by atoms with Crippen molar-refractivity contribution in [3.8, 4) is 16.9 Å². The number of rotatable bonds is 4. The number of hydrogen-bond acceptors (Lipinski definition) is 1. The number of allylic oxidation sites excluding steroid dienone is 2. The van der Waals surface area contributed by atoms with E-state index in [1.807, 2.05) is 0 Å². The number of benzene rings is 2. The SMILES string of the molecule is C/C=C/C1CCC2CC(c3ccc(-c4ccc(OC)c(F)c4)c(F)c3F)CCC2C1. The van der Waals surface area contributed by atoms with Gasteiger partial charge in [-0.15, -0.1) is 0 Å². The van der Waals surface area contributed by atoms with E-state index < -0.39 is 17.5 Å². The Morgan fingerprint density at radius 3 is 2.40 bits per heavy atom. The average Bonchev–Trinajstić information content (AvgIpc) is 2.75. The van der Waals surface area contributed by atoms with Crippen LogP contribution < -0.4 is 4.74 Å². The largest absolute Gasteiger partial charge is 0.494 e. The third-order valence-corrected chi connectivity index (χ3v) is 7.13. The van der Waals surface area contributed by atoms with Gasteiger partial charge in [-0.3, -0.25) is 0 Å². The van der Waals surface area contributed by atoms with Gasteiger partial charge in [0.15, 0.2) is 23.2 Å². The molecule has 0 aromatic heterocycles. The van der Waals surface area contributed by atoms with E-state index in [1.54, 1.807) is 18.2 Å². The number of hydrogen-bond donors (Lipinski definition) is 0. The van der Waals surface area contributed by atoms with E-state index in [1.165, 1.54) is 38.5 Å². The van der Waals surface area contributed by atoms with Crippen molar-refractivity contribution in [3.05, 3.63) is 65.5 Å². The monoisotopic (exact) mass is 414 g/mol. The van der Waals surface area contributed by atoms with Gasteiger partial charge < -0.3 is 4.74 Å². The minimum atomic E-state index is -0.893. The molecule has 4 unspecified atom stereocenters. The molecule has 0 heterocycles. The molecule has 0 bridgehead atoms. The zero-order valence-corrected chi connectivity index (χ0v) is 17.6. The van der Waals surface area contributed by atoms with E-state index in [0.29, 0.717) is 28.9 Å². The number of halogens is 3.